The van der Waals surface area contributed by atoms with Crippen LogP contribution >= 0.6 is 0 Å². The molecule has 0 saturated heterocycles. The first kappa shape index (κ1) is 12.0. The molecule has 3 nitrogen and oxygen atoms in total. The SMILES string of the molecule is CCC1CC1Nc1cc(C(F)(F)F)cc(N)n1. The number of hydrogen-bond acceptors (Lipinski definition) is 3. The molecule has 0 aliphatic heterocycles. The minimum absolute atomic E-state index is 0.115. The Morgan fingerprint density at radius 1 is 1.47 bits per heavy atom. The first-order chi connectivity index (χ1) is 7.90. The van der Waals surface area contributed by atoms with Gasteiger partial charge < -0.3 is 11.1 Å². The number of anilines is 2. The molecule has 1 aliphatic rings. The van der Waals surface area contributed by atoms with Crippen molar-refractivity contribution in [2.45, 2.75) is 32.0 Å². The minimum atomic E-state index is -4.39. The average molecular weight is 245 g/mol. The van der Waals surface area contributed by atoms with Crippen LogP contribution in [0.3, 0.4) is 0 Å². The third kappa shape index (κ3) is 2.81. The van der Waals surface area contributed by atoms with E-state index in [4.69, 9.17) is 5.73 Å². The normalized spacial score (nSPS) is 23.5. The van der Waals surface area contributed by atoms with Crippen LogP contribution in [0.15, 0.2) is 12.1 Å². The molecule has 2 rings (SSSR count). The Bertz CT molecular complexity index is 417. The quantitative estimate of drug-likeness (QED) is 0.860. The molecule has 1 aliphatic carbocycles. The summed E-state index contributed by atoms with van der Waals surface area (Å²) >= 11 is 0. The summed E-state index contributed by atoms with van der Waals surface area (Å²) in [4.78, 5) is 3.86. The summed E-state index contributed by atoms with van der Waals surface area (Å²) in [5, 5.41) is 2.98. The minimum Gasteiger partial charge on any atom is -0.384 e. The van der Waals surface area contributed by atoms with Crippen molar-refractivity contribution < 1.29 is 13.2 Å². The Morgan fingerprint density at radius 2 is 2.18 bits per heavy atom. The number of hydrogen-bond donors (Lipinski definition) is 2. The van der Waals surface area contributed by atoms with Crippen molar-refractivity contribution in [2.75, 3.05) is 11.1 Å². The fraction of sp³-hybridized carbons (Fsp3) is 0.545. The van der Waals surface area contributed by atoms with E-state index >= 15 is 0 Å². The van der Waals surface area contributed by atoms with Crippen LogP contribution in [0.2, 0.25) is 0 Å². The number of aromatic nitrogens is 1. The molecule has 2 unspecified atom stereocenters. The first-order valence-corrected chi connectivity index (χ1v) is 5.51. The lowest BCUT2D eigenvalue weighted by molar-refractivity contribution is -0.137. The van der Waals surface area contributed by atoms with E-state index in [-0.39, 0.29) is 17.7 Å². The van der Waals surface area contributed by atoms with E-state index in [0.717, 1.165) is 25.0 Å². The number of nitrogen functional groups attached to an aromatic ring is 1. The molecule has 1 saturated carbocycles. The molecule has 0 amide bonds. The fourth-order valence-corrected chi connectivity index (χ4v) is 1.86. The number of nitrogens with zero attached hydrogens (tertiary/aromatic N) is 1. The van der Waals surface area contributed by atoms with E-state index in [1.165, 1.54) is 0 Å². The largest absolute Gasteiger partial charge is 0.416 e. The molecule has 2 atom stereocenters. The van der Waals surface area contributed by atoms with Crippen LogP contribution in [0.1, 0.15) is 25.3 Å². The summed E-state index contributed by atoms with van der Waals surface area (Å²) in [6.07, 6.45) is -2.39. The van der Waals surface area contributed by atoms with Crippen molar-refractivity contribution in [1.29, 1.82) is 0 Å². The smallest absolute Gasteiger partial charge is 0.384 e. The Balaban J connectivity index is 2.15. The van der Waals surface area contributed by atoms with Gasteiger partial charge in [0.15, 0.2) is 0 Å². The van der Waals surface area contributed by atoms with Gasteiger partial charge in [-0.1, -0.05) is 13.3 Å². The summed E-state index contributed by atoms with van der Waals surface area (Å²) in [7, 11) is 0. The molecular weight excluding hydrogens is 231 g/mol. The lowest BCUT2D eigenvalue weighted by Gasteiger charge is -2.11. The second-order valence-electron chi connectivity index (χ2n) is 4.32. The van der Waals surface area contributed by atoms with Crippen LogP contribution in [0.5, 0.6) is 0 Å². The van der Waals surface area contributed by atoms with E-state index in [9.17, 15) is 13.2 Å². The zero-order valence-electron chi connectivity index (χ0n) is 9.38. The van der Waals surface area contributed by atoms with Crippen molar-refractivity contribution >= 4 is 11.6 Å². The van der Waals surface area contributed by atoms with Crippen molar-refractivity contribution in [3.8, 4) is 0 Å². The standard InChI is InChI=1S/C11H14F3N3/c1-2-6-3-8(6)16-10-5-7(11(12,13)14)4-9(15)17-10/h4-6,8H,2-3H2,1H3,(H3,15,16,17). The maximum Gasteiger partial charge on any atom is 0.416 e. The summed E-state index contributed by atoms with van der Waals surface area (Å²) in [5.41, 5.74) is 4.61. The molecular formula is C11H14F3N3. The first-order valence-electron chi connectivity index (χ1n) is 5.51. The number of nitrogens with one attached hydrogen (secondary N) is 1. The maximum absolute atomic E-state index is 12.5. The molecule has 17 heavy (non-hydrogen) atoms. The van der Waals surface area contributed by atoms with E-state index in [1.807, 2.05) is 0 Å². The Morgan fingerprint density at radius 3 is 2.71 bits per heavy atom. The maximum atomic E-state index is 12.5. The number of rotatable bonds is 3. The van der Waals surface area contributed by atoms with Crippen molar-refractivity contribution in [1.82, 2.24) is 4.98 Å². The van der Waals surface area contributed by atoms with Gasteiger partial charge in [-0.15, -0.1) is 0 Å². The second-order valence-corrected chi connectivity index (χ2v) is 4.32. The van der Waals surface area contributed by atoms with Gasteiger partial charge in [-0.05, 0) is 24.5 Å². The lowest BCUT2D eigenvalue weighted by atomic mass is 10.2. The predicted molar refractivity (Wildman–Crippen MR) is 59.5 cm³/mol. The van der Waals surface area contributed by atoms with Gasteiger partial charge >= 0.3 is 6.18 Å². The molecule has 94 valence electrons. The molecule has 0 aromatic carbocycles. The van der Waals surface area contributed by atoms with E-state index in [2.05, 4.69) is 17.2 Å². The van der Waals surface area contributed by atoms with Gasteiger partial charge in [0.25, 0.3) is 0 Å². The highest BCUT2D eigenvalue weighted by Gasteiger charge is 2.36. The van der Waals surface area contributed by atoms with Gasteiger partial charge in [0.1, 0.15) is 11.6 Å². The summed E-state index contributed by atoms with van der Waals surface area (Å²) in [6, 6.07) is 2.08. The number of halogens is 3. The van der Waals surface area contributed by atoms with Gasteiger partial charge in [-0.25, -0.2) is 4.98 Å². The van der Waals surface area contributed by atoms with Crippen LogP contribution in [-0.4, -0.2) is 11.0 Å². The van der Waals surface area contributed by atoms with E-state index in [1.54, 1.807) is 0 Å². The van der Waals surface area contributed by atoms with Gasteiger partial charge in [0.05, 0.1) is 5.56 Å². The van der Waals surface area contributed by atoms with Crippen LogP contribution < -0.4 is 11.1 Å². The summed E-state index contributed by atoms with van der Waals surface area (Å²) in [5.74, 6) is 0.627. The molecule has 0 bridgehead atoms. The Labute approximate surface area is 97.2 Å². The average Bonchev–Trinajstić information content (AvgIpc) is 2.94. The van der Waals surface area contributed by atoms with Crippen molar-refractivity contribution in [3.05, 3.63) is 17.7 Å². The number of pyridine rings is 1. The van der Waals surface area contributed by atoms with Gasteiger partial charge in [0, 0.05) is 6.04 Å². The molecule has 0 radical (unpaired) electrons. The van der Waals surface area contributed by atoms with Crippen LogP contribution in [0, 0.1) is 5.92 Å². The molecule has 1 aromatic heterocycles. The van der Waals surface area contributed by atoms with Crippen LogP contribution in [0.4, 0.5) is 24.8 Å². The van der Waals surface area contributed by atoms with E-state index in [0.29, 0.717) is 5.92 Å². The number of nitrogens with two attached hydrogens (primary N) is 1. The van der Waals surface area contributed by atoms with Gasteiger partial charge in [-0.2, -0.15) is 13.2 Å². The van der Waals surface area contributed by atoms with Crippen LogP contribution in [-0.2, 0) is 6.18 Å². The molecule has 1 fully saturated rings. The second kappa shape index (κ2) is 4.09. The zero-order valence-corrected chi connectivity index (χ0v) is 9.38. The van der Waals surface area contributed by atoms with Gasteiger partial charge in [-0.3, -0.25) is 0 Å². The third-order valence-electron chi connectivity index (χ3n) is 2.95. The predicted octanol–water partition coefficient (Wildman–Crippen LogP) is 2.89. The lowest BCUT2D eigenvalue weighted by Crippen LogP contribution is -2.11. The van der Waals surface area contributed by atoms with Crippen molar-refractivity contribution in [2.24, 2.45) is 5.92 Å². The third-order valence-corrected chi connectivity index (χ3v) is 2.95. The highest BCUT2D eigenvalue weighted by molar-refractivity contribution is 5.48. The zero-order chi connectivity index (χ0) is 12.6. The molecule has 3 N–H and O–H groups in total. The molecule has 1 aromatic rings. The Hall–Kier alpha value is -1.46. The highest BCUT2D eigenvalue weighted by atomic mass is 19.4. The summed E-state index contributed by atoms with van der Waals surface area (Å²) in [6.45, 7) is 2.06. The molecule has 6 heteroatoms. The Kier molecular flexibility index (Phi) is 2.89. The fourth-order valence-electron chi connectivity index (χ4n) is 1.86. The molecule has 1 heterocycles. The van der Waals surface area contributed by atoms with E-state index < -0.39 is 11.7 Å². The highest BCUT2D eigenvalue weighted by Crippen LogP contribution is 2.37. The monoisotopic (exact) mass is 245 g/mol. The summed E-state index contributed by atoms with van der Waals surface area (Å²) < 4.78 is 37.6. The molecule has 0 spiro atoms. The topological polar surface area (TPSA) is 50.9 Å². The van der Waals surface area contributed by atoms with Crippen molar-refractivity contribution in [3.63, 3.8) is 0 Å². The van der Waals surface area contributed by atoms with Gasteiger partial charge in [0.2, 0.25) is 0 Å². The van der Waals surface area contributed by atoms with Crippen LogP contribution in [0.25, 0.3) is 0 Å². The number of alkyl halides is 3.